The maximum absolute atomic E-state index is 13.6. The van der Waals surface area contributed by atoms with Crippen LogP contribution in [0.25, 0.3) is 0 Å². The lowest BCUT2D eigenvalue weighted by atomic mass is 9.71. The summed E-state index contributed by atoms with van der Waals surface area (Å²) in [6, 6.07) is 20.3. The van der Waals surface area contributed by atoms with Crippen molar-refractivity contribution < 1.29 is 28.8 Å². The number of ketones is 1. The van der Waals surface area contributed by atoms with Gasteiger partial charge in [-0.25, -0.2) is 0 Å². The molecule has 0 aromatic heterocycles. The number of Topliss-reactive ketones (excluding diaryl/α,β-unsaturated/α-hetero) is 1. The van der Waals surface area contributed by atoms with Crippen molar-refractivity contribution in [3.8, 4) is 23.0 Å². The predicted molar refractivity (Wildman–Crippen MR) is 118 cm³/mol. The molecule has 0 unspecified atom stereocenters. The summed E-state index contributed by atoms with van der Waals surface area (Å²) in [7, 11) is 4.65. The molecule has 1 heterocycles. The number of ether oxygens (including phenoxy) is 4. The predicted octanol–water partition coefficient (Wildman–Crippen LogP) is 3.94. The molecule has 2 aliphatic rings. The highest BCUT2D eigenvalue weighted by Crippen LogP contribution is 2.67. The highest BCUT2D eigenvalue weighted by atomic mass is 16.5. The van der Waals surface area contributed by atoms with Crippen molar-refractivity contribution in [2.45, 2.75) is 23.5 Å². The van der Waals surface area contributed by atoms with Crippen LogP contribution in [-0.4, -0.2) is 32.2 Å². The van der Waals surface area contributed by atoms with Gasteiger partial charge in [0.25, 0.3) is 0 Å². The molecule has 3 atom stereocenters. The number of carbonyl (C=O) groups excluding carboxylic acids is 1. The Kier molecular flexibility index (Phi) is 4.64. The number of fused-ring (bicyclic) bond motifs is 3. The minimum absolute atomic E-state index is 0.117. The summed E-state index contributed by atoms with van der Waals surface area (Å²) in [6.07, 6.45) is 0.117. The number of hydrogen-bond donors (Lipinski definition) is 1. The van der Waals surface area contributed by atoms with Gasteiger partial charge in [0.1, 0.15) is 23.0 Å². The van der Waals surface area contributed by atoms with Crippen molar-refractivity contribution in [3.05, 3.63) is 83.4 Å². The van der Waals surface area contributed by atoms with Crippen molar-refractivity contribution in [3.63, 3.8) is 0 Å². The van der Waals surface area contributed by atoms with E-state index in [4.69, 9.17) is 18.9 Å². The second-order valence-electron chi connectivity index (χ2n) is 8.07. The molecule has 0 radical (unpaired) electrons. The third kappa shape index (κ3) is 2.53. The fraction of sp³-hybridized carbons (Fsp3) is 0.269. The van der Waals surface area contributed by atoms with E-state index in [1.807, 2.05) is 54.6 Å². The van der Waals surface area contributed by atoms with Gasteiger partial charge in [-0.05, 0) is 23.3 Å². The molecule has 1 aliphatic carbocycles. The van der Waals surface area contributed by atoms with Crippen LogP contribution in [0.4, 0.5) is 0 Å². The lowest BCUT2D eigenvalue weighted by Gasteiger charge is -2.39. The van der Waals surface area contributed by atoms with Crippen LogP contribution in [0.1, 0.15) is 29.0 Å². The number of aliphatic hydroxyl groups is 1. The molecule has 6 heteroatoms. The van der Waals surface area contributed by atoms with E-state index < -0.39 is 17.1 Å². The Morgan fingerprint density at radius 3 is 2.22 bits per heavy atom. The first-order valence-corrected chi connectivity index (χ1v) is 10.4. The van der Waals surface area contributed by atoms with Gasteiger partial charge in [-0.15, -0.1) is 0 Å². The zero-order valence-electron chi connectivity index (χ0n) is 18.1. The van der Waals surface area contributed by atoms with Crippen molar-refractivity contribution in [1.82, 2.24) is 0 Å². The molecule has 6 nitrogen and oxygen atoms in total. The fourth-order valence-corrected chi connectivity index (χ4v) is 5.20. The summed E-state index contributed by atoms with van der Waals surface area (Å²) in [4.78, 5) is 13.6. The summed E-state index contributed by atoms with van der Waals surface area (Å²) in [5.74, 6) is 1.20. The smallest absolute Gasteiger partial charge is 0.200 e. The topological polar surface area (TPSA) is 74.2 Å². The van der Waals surface area contributed by atoms with Crippen molar-refractivity contribution >= 4 is 5.78 Å². The molecule has 3 aromatic rings. The number of hydrogen-bond acceptors (Lipinski definition) is 6. The third-order valence-corrected chi connectivity index (χ3v) is 6.67. The first kappa shape index (κ1) is 20.4. The van der Waals surface area contributed by atoms with Crippen LogP contribution in [0.15, 0.2) is 66.7 Å². The van der Waals surface area contributed by atoms with Crippen molar-refractivity contribution in [2.75, 3.05) is 21.3 Å². The molecule has 164 valence electrons. The summed E-state index contributed by atoms with van der Waals surface area (Å²) >= 11 is 0. The molecule has 32 heavy (non-hydrogen) atoms. The molecular formula is C26H24O6. The minimum atomic E-state index is -1.92. The van der Waals surface area contributed by atoms with Crippen molar-refractivity contribution in [2.24, 2.45) is 0 Å². The lowest BCUT2D eigenvalue weighted by Crippen LogP contribution is -2.50. The number of rotatable bonds is 5. The normalized spacial score (nSPS) is 25.6. The first-order valence-electron chi connectivity index (χ1n) is 10.4. The van der Waals surface area contributed by atoms with Gasteiger partial charge in [-0.3, -0.25) is 4.79 Å². The Morgan fingerprint density at radius 2 is 1.59 bits per heavy atom. The van der Waals surface area contributed by atoms with E-state index in [0.717, 1.165) is 5.56 Å². The summed E-state index contributed by atoms with van der Waals surface area (Å²) in [5.41, 5.74) is -1.36. The van der Waals surface area contributed by atoms with Crippen LogP contribution >= 0.6 is 0 Å². The molecule has 1 aliphatic heterocycles. The monoisotopic (exact) mass is 432 g/mol. The van der Waals surface area contributed by atoms with E-state index in [2.05, 4.69) is 0 Å². The molecular weight excluding hydrogens is 408 g/mol. The number of methoxy groups -OCH3 is 3. The van der Waals surface area contributed by atoms with Crippen LogP contribution < -0.4 is 18.9 Å². The lowest BCUT2D eigenvalue weighted by molar-refractivity contribution is -0.151. The van der Waals surface area contributed by atoms with Gasteiger partial charge in [-0.2, -0.15) is 0 Å². The van der Waals surface area contributed by atoms with Gasteiger partial charge >= 0.3 is 0 Å². The fourth-order valence-electron chi connectivity index (χ4n) is 5.20. The molecule has 0 spiro atoms. The third-order valence-electron chi connectivity index (χ3n) is 6.67. The highest BCUT2D eigenvalue weighted by molar-refractivity contribution is 5.97. The van der Waals surface area contributed by atoms with E-state index >= 15 is 0 Å². The summed E-state index contributed by atoms with van der Waals surface area (Å²) < 4.78 is 22.9. The number of benzene rings is 3. The van der Waals surface area contributed by atoms with Crippen LogP contribution in [0, 0.1) is 0 Å². The molecule has 0 saturated heterocycles. The van der Waals surface area contributed by atoms with E-state index in [0.29, 0.717) is 34.1 Å². The SMILES string of the molecule is COc1ccc([C@@H]2CC(=O)[C@@]3(O)c4c(OC)cc(OC)cc4O[C@@]23c2ccccc2)cc1. The Balaban J connectivity index is 1.79. The molecule has 1 fully saturated rings. The molecule has 3 aromatic carbocycles. The molecule has 0 amide bonds. The molecule has 5 rings (SSSR count). The maximum Gasteiger partial charge on any atom is 0.200 e. The zero-order chi connectivity index (χ0) is 22.5. The number of carbonyl (C=O) groups is 1. The van der Waals surface area contributed by atoms with E-state index in [9.17, 15) is 9.90 Å². The van der Waals surface area contributed by atoms with Gasteiger partial charge < -0.3 is 24.1 Å². The average Bonchev–Trinajstić information content (AvgIpc) is 3.24. The Hall–Kier alpha value is -3.51. The Bertz CT molecular complexity index is 1170. The largest absolute Gasteiger partial charge is 0.497 e. The molecule has 1 saturated carbocycles. The van der Waals surface area contributed by atoms with E-state index in [1.165, 1.54) is 7.11 Å². The maximum atomic E-state index is 13.6. The van der Waals surface area contributed by atoms with E-state index in [1.54, 1.807) is 26.4 Å². The van der Waals surface area contributed by atoms with Gasteiger partial charge in [0.15, 0.2) is 17.0 Å². The van der Waals surface area contributed by atoms with E-state index in [-0.39, 0.29) is 12.2 Å². The van der Waals surface area contributed by atoms with Crippen LogP contribution in [0.3, 0.4) is 0 Å². The summed E-state index contributed by atoms with van der Waals surface area (Å²) in [5, 5.41) is 12.2. The first-order chi connectivity index (χ1) is 15.5. The quantitative estimate of drug-likeness (QED) is 0.658. The van der Waals surface area contributed by atoms with Gasteiger partial charge in [0.05, 0.1) is 26.9 Å². The van der Waals surface area contributed by atoms with Crippen LogP contribution in [0.5, 0.6) is 23.0 Å². The second kappa shape index (κ2) is 7.28. The van der Waals surface area contributed by atoms with Gasteiger partial charge in [0.2, 0.25) is 0 Å². The zero-order valence-corrected chi connectivity index (χ0v) is 18.1. The van der Waals surface area contributed by atoms with Crippen LogP contribution in [0.2, 0.25) is 0 Å². The van der Waals surface area contributed by atoms with Gasteiger partial charge in [0, 0.05) is 24.5 Å². The van der Waals surface area contributed by atoms with Gasteiger partial charge in [-0.1, -0.05) is 42.5 Å². The average molecular weight is 432 g/mol. The highest BCUT2D eigenvalue weighted by Gasteiger charge is 2.74. The van der Waals surface area contributed by atoms with Crippen LogP contribution in [-0.2, 0) is 16.0 Å². The summed E-state index contributed by atoms with van der Waals surface area (Å²) in [6.45, 7) is 0. The Labute approximate surface area is 186 Å². The van der Waals surface area contributed by atoms with Crippen molar-refractivity contribution in [1.29, 1.82) is 0 Å². The Morgan fingerprint density at radius 1 is 0.906 bits per heavy atom. The minimum Gasteiger partial charge on any atom is -0.497 e. The molecule has 1 N–H and O–H groups in total. The molecule has 0 bridgehead atoms. The second-order valence-corrected chi connectivity index (χ2v) is 8.07. The standard InChI is InChI=1S/C26H24O6/c1-29-18-11-9-16(10-12-18)20-15-23(27)25(28)24-21(31-3)13-19(30-2)14-22(24)32-26(20,25)17-7-5-4-6-8-17/h4-14,20,28H,15H2,1-3H3/t20-,25+,26-/m0/s1.